The molecule has 0 bridgehead atoms. The Bertz CT molecular complexity index is 1030. The van der Waals surface area contributed by atoms with Crippen LogP contribution in [0.4, 0.5) is 10.8 Å². The Morgan fingerprint density at radius 2 is 1.96 bits per heavy atom. The number of hydrogen-bond donors (Lipinski definition) is 1. The van der Waals surface area contributed by atoms with E-state index < -0.39 is 23.4 Å². The molecule has 144 valence electrons. The Morgan fingerprint density at radius 1 is 1.21 bits per heavy atom. The van der Waals surface area contributed by atoms with Crippen LogP contribution < -0.4 is 10.1 Å². The van der Waals surface area contributed by atoms with Gasteiger partial charge in [0.15, 0.2) is 11.7 Å². The molecule has 3 rings (SSSR count). The van der Waals surface area contributed by atoms with Crippen LogP contribution in [0.15, 0.2) is 42.5 Å². The van der Waals surface area contributed by atoms with Crippen molar-refractivity contribution in [3.05, 3.63) is 58.1 Å². The lowest BCUT2D eigenvalue weighted by Crippen LogP contribution is -2.20. The van der Waals surface area contributed by atoms with Crippen molar-refractivity contribution in [3.63, 3.8) is 0 Å². The standard InChI is InChI=1S/C18H15N3O6S/c1-2-26-13-7-8-14-15(9-13)28-18(19-14)20-16(22)10-27-17(23)11-3-5-12(6-4-11)21(24)25/h3-9H,2,10H2,1H3,(H,19,20,22). The Balaban J connectivity index is 1.57. The van der Waals surface area contributed by atoms with Gasteiger partial charge in [-0.3, -0.25) is 20.2 Å². The highest BCUT2D eigenvalue weighted by Gasteiger charge is 2.14. The number of anilines is 1. The third-order valence-corrected chi connectivity index (χ3v) is 4.50. The van der Waals surface area contributed by atoms with Crippen LogP contribution in [0, 0.1) is 10.1 Å². The van der Waals surface area contributed by atoms with E-state index in [0.29, 0.717) is 23.0 Å². The van der Waals surface area contributed by atoms with Crippen molar-refractivity contribution in [1.82, 2.24) is 4.98 Å². The summed E-state index contributed by atoms with van der Waals surface area (Å²) in [4.78, 5) is 38.3. The highest BCUT2D eigenvalue weighted by atomic mass is 32.1. The topological polar surface area (TPSA) is 121 Å². The number of amides is 1. The maximum Gasteiger partial charge on any atom is 0.338 e. The first-order chi connectivity index (χ1) is 13.5. The molecule has 10 heteroatoms. The van der Waals surface area contributed by atoms with E-state index in [2.05, 4.69) is 10.3 Å². The summed E-state index contributed by atoms with van der Waals surface area (Å²) in [7, 11) is 0. The molecular formula is C18H15N3O6S. The summed E-state index contributed by atoms with van der Waals surface area (Å²) in [5, 5.41) is 13.6. The average Bonchev–Trinajstić information content (AvgIpc) is 3.07. The number of hydrogen-bond acceptors (Lipinski definition) is 8. The van der Waals surface area contributed by atoms with Gasteiger partial charge in [0, 0.05) is 12.1 Å². The molecule has 1 aromatic heterocycles. The van der Waals surface area contributed by atoms with Crippen molar-refractivity contribution in [2.75, 3.05) is 18.5 Å². The van der Waals surface area contributed by atoms with Gasteiger partial charge in [-0.05, 0) is 37.3 Å². The number of nitro benzene ring substituents is 1. The molecule has 0 fully saturated rings. The van der Waals surface area contributed by atoms with Gasteiger partial charge < -0.3 is 9.47 Å². The lowest BCUT2D eigenvalue weighted by atomic mass is 10.2. The number of ether oxygens (including phenoxy) is 2. The Labute approximate surface area is 163 Å². The smallest absolute Gasteiger partial charge is 0.338 e. The van der Waals surface area contributed by atoms with Gasteiger partial charge in [-0.25, -0.2) is 9.78 Å². The second-order valence-electron chi connectivity index (χ2n) is 5.51. The molecule has 28 heavy (non-hydrogen) atoms. The number of aromatic nitrogens is 1. The number of carbonyl (C=O) groups is 2. The van der Waals surface area contributed by atoms with E-state index in [-0.39, 0.29) is 11.3 Å². The minimum absolute atomic E-state index is 0.113. The molecule has 0 saturated heterocycles. The van der Waals surface area contributed by atoms with Crippen LogP contribution in [0.5, 0.6) is 5.75 Å². The van der Waals surface area contributed by atoms with Crippen molar-refractivity contribution in [2.45, 2.75) is 6.92 Å². The van der Waals surface area contributed by atoms with Gasteiger partial charge in [-0.15, -0.1) is 0 Å². The Morgan fingerprint density at radius 3 is 2.64 bits per heavy atom. The number of non-ortho nitro benzene ring substituents is 1. The van der Waals surface area contributed by atoms with E-state index in [9.17, 15) is 19.7 Å². The van der Waals surface area contributed by atoms with E-state index in [1.165, 1.54) is 35.6 Å². The van der Waals surface area contributed by atoms with Crippen molar-refractivity contribution < 1.29 is 24.0 Å². The van der Waals surface area contributed by atoms with Crippen molar-refractivity contribution >= 4 is 44.2 Å². The fourth-order valence-corrected chi connectivity index (χ4v) is 3.21. The summed E-state index contributed by atoms with van der Waals surface area (Å²) in [5.41, 5.74) is 0.686. The molecule has 0 radical (unpaired) electrons. The zero-order chi connectivity index (χ0) is 20.1. The molecule has 0 unspecified atom stereocenters. The van der Waals surface area contributed by atoms with Crippen LogP contribution in [-0.4, -0.2) is 35.0 Å². The normalized spacial score (nSPS) is 10.5. The van der Waals surface area contributed by atoms with E-state index in [1.54, 1.807) is 12.1 Å². The van der Waals surface area contributed by atoms with E-state index >= 15 is 0 Å². The zero-order valence-electron chi connectivity index (χ0n) is 14.7. The minimum atomic E-state index is -0.754. The molecule has 9 nitrogen and oxygen atoms in total. The van der Waals surface area contributed by atoms with Crippen molar-refractivity contribution in [2.24, 2.45) is 0 Å². The molecule has 1 amide bonds. The van der Waals surface area contributed by atoms with Gasteiger partial charge in [0.25, 0.3) is 11.6 Å². The summed E-state index contributed by atoms with van der Waals surface area (Å²) < 4.78 is 11.2. The highest BCUT2D eigenvalue weighted by Crippen LogP contribution is 2.29. The zero-order valence-corrected chi connectivity index (χ0v) is 15.5. The number of nitro groups is 1. The monoisotopic (exact) mass is 401 g/mol. The van der Waals surface area contributed by atoms with Crippen LogP contribution in [0.1, 0.15) is 17.3 Å². The van der Waals surface area contributed by atoms with Gasteiger partial charge in [0.2, 0.25) is 0 Å². The summed E-state index contributed by atoms with van der Waals surface area (Å²) in [6.45, 7) is 1.93. The number of nitrogens with one attached hydrogen (secondary N) is 1. The largest absolute Gasteiger partial charge is 0.494 e. The number of thiazole rings is 1. The van der Waals surface area contributed by atoms with Gasteiger partial charge in [-0.2, -0.15) is 0 Å². The van der Waals surface area contributed by atoms with E-state index in [4.69, 9.17) is 9.47 Å². The third-order valence-electron chi connectivity index (χ3n) is 3.57. The van der Waals surface area contributed by atoms with Gasteiger partial charge >= 0.3 is 5.97 Å². The van der Waals surface area contributed by atoms with Crippen LogP contribution in [-0.2, 0) is 9.53 Å². The third kappa shape index (κ3) is 4.60. The number of fused-ring (bicyclic) bond motifs is 1. The molecule has 0 aliphatic rings. The fraction of sp³-hybridized carbons (Fsp3) is 0.167. The predicted octanol–water partition coefficient (Wildman–Crippen LogP) is 3.40. The molecule has 0 saturated carbocycles. The molecule has 3 aromatic rings. The number of benzene rings is 2. The van der Waals surface area contributed by atoms with Crippen LogP contribution in [0.25, 0.3) is 10.2 Å². The average molecular weight is 401 g/mol. The van der Waals surface area contributed by atoms with Crippen LogP contribution >= 0.6 is 11.3 Å². The molecule has 0 aliphatic carbocycles. The fourth-order valence-electron chi connectivity index (χ4n) is 2.30. The summed E-state index contributed by atoms with van der Waals surface area (Å²) in [6.07, 6.45) is 0. The summed E-state index contributed by atoms with van der Waals surface area (Å²) >= 11 is 1.27. The number of esters is 1. The maximum atomic E-state index is 12.0. The summed E-state index contributed by atoms with van der Waals surface area (Å²) in [6, 6.07) is 10.3. The van der Waals surface area contributed by atoms with E-state index in [1.807, 2.05) is 13.0 Å². The number of carbonyl (C=O) groups excluding carboxylic acids is 2. The second kappa shape index (κ2) is 8.44. The van der Waals surface area contributed by atoms with Crippen LogP contribution in [0.3, 0.4) is 0 Å². The number of rotatable bonds is 7. The van der Waals surface area contributed by atoms with Gasteiger partial charge in [0.05, 0.1) is 27.3 Å². The molecule has 2 aromatic carbocycles. The maximum absolute atomic E-state index is 12.0. The van der Waals surface area contributed by atoms with E-state index in [0.717, 1.165) is 4.70 Å². The van der Waals surface area contributed by atoms with Crippen LogP contribution in [0.2, 0.25) is 0 Å². The lowest BCUT2D eigenvalue weighted by molar-refractivity contribution is -0.384. The summed E-state index contributed by atoms with van der Waals surface area (Å²) in [5.74, 6) is -0.580. The number of nitrogens with zero attached hydrogens (tertiary/aromatic N) is 2. The quantitative estimate of drug-likeness (QED) is 0.366. The SMILES string of the molecule is CCOc1ccc2nc(NC(=O)COC(=O)c3ccc([N+](=O)[O-])cc3)sc2c1. The first-order valence-corrected chi connectivity index (χ1v) is 9.02. The lowest BCUT2D eigenvalue weighted by Gasteiger charge is -2.04. The minimum Gasteiger partial charge on any atom is -0.494 e. The molecule has 0 atom stereocenters. The predicted molar refractivity (Wildman–Crippen MR) is 103 cm³/mol. The molecule has 0 spiro atoms. The molecular weight excluding hydrogens is 386 g/mol. The van der Waals surface area contributed by atoms with Gasteiger partial charge in [-0.1, -0.05) is 11.3 Å². The molecule has 0 aliphatic heterocycles. The van der Waals surface area contributed by atoms with Crippen molar-refractivity contribution in [1.29, 1.82) is 0 Å². The Hall–Kier alpha value is -3.53. The van der Waals surface area contributed by atoms with Crippen molar-refractivity contribution in [3.8, 4) is 5.75 Å². The van der Waals surface area contributed by atoms with Gasteiger partial charge in [0.1, 0.15) is 5.75 Å². The molecule has 1 N–H and O–H groups in total. The first-order valence-electron chi connectivity index (χ1n) is 8.21. The first kappa shape index (κ1) is 19.2. The Kier molecular flexibility index (Phi) is 5.80. The highest BCUT2D eigenvalue weighted by molar-refractivity contribution is 7.22. The molecule has 1 heterocycles. The second-order valence-corrected chi connectivity index (χ2v) is 6.54.